The molecule has 0 amide bonds. The molecule has 0 aliphatic rings. The molecule has 0 fully saturated rings. The van der Waals surface area contributed by atoms with Crippen LogP contribution in [-0.2, 0) is 7.05 Å². The normalized spacial score (nSPS) is 10.6. The average Bonchev–Trinajstić information content (AvgIpc) is 2.53. The van der Waals surface area contributed by atoms with Crippen molar-refractivity contribution in [3.63, 3.8) is 0 Å². The highest BCUT2D eigenvalue weighted by Crippen LogP contribution is 2.31. The van der Waals surface area contributed by atoms with Crippen molar-refractivity contribution < 1.29 is 9.90 Å². The van der Waals surface area contributed by atoms with Gasteiger partial charge in [0.25, 0.3) is 0 Å². The molecule has 2 aromatic rings. The summed E-state index contributed by atoms with van der Waals surface area (Å²) in [6.07, 6.45) is 0. The summed E-state index contributed by atoms with van der Waals surface area (Å²) in [6, 6.07) is 7.96. The first kappa shape index (κ1) is 12.7. The number of aryl methyl sites for hydroxylation is 3. The fourth-order valence-corrected chi connectivity index (χ4v) is 2.92. The molecule has 0 saturated heterocycles. The third-order valence-electron chi connectivity index (χ3n) is 2.59. The molecule has 1 heterocycles. The number of aromatic nitrogens is 2. The topological polar surface area (TPSA) is 55.1 Å². The lowest BCUT2D eigenvalue weighted by Gasteiger charge is -2.04. The predicted octanol–water partition coefficient (Wildman–Crippen LogP) is 2.89. The fourth-order valence-electron chi connectivity index (χ4n) is 1.79. The van der Waals surface area contributed by atoms with Crippen LogP contribution >= 0.6 is 11.8 Å². The quantitative estimate of drug-likeness (QED) is 0.924. The van der Waals surface area contributed by atoms with Crippen molar-refractivity contribution in [1.29, 1.82) is 0 Å². The fraction of sp³-hybridized carbons (Fsp3) is 0.231. The predicted molar refractivity (Wildman–Crippen MR) is 70.2 cm³/mol. The minimum Gasteiger partial charge on any atom is -0.478 e. The van der Waals surface area contributed by atoms with Gasteiger partial charge in [-0.1, -0.05) is 29.5 Å². The zero-order valence-electron chi connectivity index (χ0n) is 10.5. The molecular formula is C13H14N2O2S. The smallest absolute Gasteiger partial charge is 0.340 e. The first-order valence-electron chi connectivity index (χ1n) is 5.50. The molecule has 0 atom stereocenters. The van der Waals surface area contributed by atoms with Gasteiger partial charge < -0.3 is 5.11 Å². The van der Waals surface area contributed by atoms with Crippen molar-refractivity contribution in [1.82, 2.24) is 9.78 Å². The summed E-state index contributed by atoms with van der Waals surface area (Å²) >= 11 is 1.42. The van der Waals surface area contributed by atoms with Gasteiger partial charge in [0.2, 0.25) is 0 Å². The third kappa shape index (κ3) is 2.41. The highest BCUT2D eigenvalue weighted by atomic mass is 32.2. The van der Waals surface area contributed by atoms with Gasteiger partial charge in [-0.3, -0.25) is 4.68 Å². The van der Waals surface area contributed by atoms with E-state index < -0.39 is 5.97 Å². The average molecular weight is 262 g/mol. The van der Waals surface area contributed by atoms with Crippen LogP contribution in [0.1, 0.15) is 21.6 Å². The highest BCUT2D eigenvalue weighted by Gasteiger charge is 2.20. The van der Waals surface area contributed by atoms with Crippen LogP contribution in [-0.4, -0.2) is 20.9 Å². The lowest BCUT2D eigenvalue weighted by Crippen LogP contribution is -2.00. The molecular weight excluding hydrogens is 248 g/mol. The second-order valence-electron chi connectivity index (χ2n) is 4.11. The molecule has 1 aromatic heterocycles. The van der Waals surface area contributed by atoms with Crippen molar-refractivity contribution >= 4 is 17.7 Å². The van der Waals surface area contributed by atoms with Crippen LogP contribution in [0, 0.1) is 13.8 Å². The summed E-state index contributed by atoms with van der Waals surface area (Å²) in [5.74, 6) is -0.934. The van der Waals surface area contributed by atoms with E-state index in [1.807, 2.05) is 31.2 Å². The Bertz CT molecular complexity index is 605. The molecule has 5 heteroatoms. The number of carbonyl (C=O) groups is 1. The van der Waals surface area contributed by atoms with E-state index in [4.69, 9.17) is 0 Å². The lowest BCUT2D eigenvalue weighted by atomic mass is 10.2. The molecule has 1 aromatic carbocycles. The Kier molecular flexibility index (Phi) is 3.43. The summed E-state index contributed by atoms with van der Waals surface area (Å²) in [5.41, 5.74) is 1.97. The van der Waals surface area contributed by atoms with Crippen molar-refractivity contribution in [2.24, 2.45) is 7.05 Å². The Balaban J connectivity index is 2.43. The number of aromatic carboxylic acids is 1. The second kappa shape index (κ2) is 4.86. The molecule has 0 unspecified atom stereocenters. The molecule has 0 aliphatic heterocycles. The Morgan fingerprint density at radius 1 is 1.39 bits per heavy atom. The van der Waals surface area contributed by atoms with E-state index in [0.717, 1.165) is 10.5 Å². The summed E-state index contributed by atoms with van der Waals surface area (Å²) in [4.78, 5) is 12.3. The first-order valence-corrected chi connectivity index (χ1v) is 6.32. The van der Waals surface area contributed by atoms with Gasteiger partial charge in [-0.25, -0.2) is 4.79 Å². The molecule has 0 aliphatic carbocycles. The van der Waals surface area contributed by atoms with Crippen molar-refractivity contribution in [2.45, 2.75) is 23.8 Å². The number of rotatable bonds is 3. The van der Waals surface area contributed by atoms with Gasteiger partial charge in [0.1, 0.15) is 10.6 Å². The van der Waals surface area contributed by atoms with Crippen molar-refractivity contribution in [2.75, 3.05) is 0 Å². The molecule has 2 rings (SSSR count). The zero-order valence-corrected chi connectivity index (χ0v) is 11.3. The monoisotopic (exact) mass is 262 g/mol. The molecule has 94 valence electrons. The molecule has 0 bridgehead atoms. The van der Waals surface area contributed by atoms with Gasteiger partial charge in [-0.15, -0.1) is 0 Å². The van der Waals surface area contributed by atoms with Gasteiger partial charge in [0.15, 0.2) is 0 Å². The number of hydrogen-bond acceptors (Lipinski definition) is 3. The highest BCUT2D eigenvalue weighted by molar-refractivity contribution is 7.99. The Morgan fingerprint density at radius 2 is 2.11 bits per heavy atom. The van der Waals surface area contributed by atoms with E-state index in [0.29, 0.717) is 10.7 Å². The maximum Gasteiger partial charge on any atom is 0.340 e. The van der Waals surface area contributed by atoms with Crippen LogP contribution in [0.3, 0.4) is 0 Å². The van der Waals surface area contributed by atoms with E-state index in [9.17, 15) is 9.90 Å². The Morgan fingerprint density at radius 3 is 2.72 bits per heavy atom. The van der Waals surface area contributed by atoms with Crippen LogP contribution in [0.25, 0.3) is 0 Å². The van der Waals surface area contributed by atoms with Gasteiger partial charge in [0, 0.05) is 11.9 Å². The summed E-state index contributed by atoms with van der Waals surface area (Å²) in [6.45, 7) is 3.72. The van der Waals surface area contributed by atoms with Gasteiger partial charge in [-0.2, -0.15) is 5.10 Å². The number of hydrogen-bond donors (Lipinski definition) is 1. The number of nitrogens with zero attached hydrogens (tertiary/aromatic N) is 2. The molecule has 0 saturated carbocycles. The van der Waals surface area contributed by atoms with E-state index >= 15 is 0 Å². The maximum atomic E-state index is 11.2. The van der Waals surface area contributed by atoms with E-state index in [1.54, 1.807) is 18.7 Å². The summed E-state index contributed by atoms with van der Waals surface area (Å²) in [5, 5.41) is 14.0. The first-order chi connectivity index (χ1) is 8.49. The van der Waals surface area contributed by atoms with Crippen LogP contribution in [0.2, 0.25) is 0 Å². The molecule has 1 N–H and O–H groups in total. The maximum absolute atomic E-state index is 11.2. The summed E-state index contributed by atoms with van der Waals surface area (Å²) in [7, 11) is 1.76. The number of carboxylic acids is 1. The van der Waals surface area contributed by atoms with Crippen LogP contribution in [0.15, 0.2) is 34.2 Å². The third-order valence-corrected chi connectivity index (χ3v) is 3.74. The van der Waals surface area contributed by atoms with E-state index in [-0.39, 0.29) is 5.56 Å². The van der Waals surface area contributed by atoms with Gasteiger partial charge >= 0.3 is 5.97 Å². The number of benzene rings is 1. The van der Waals surface area contributed by atoms with Crippen LogP contribution in [0.5, 0.6) is 0 Å². The molecule has 18 heavy (non-hydrogen) atoms. The van der Waals surface area contributed by atoms with Gasteiger partial charge in [0.05, 0.1) is 5.69 Å². The van der Waals surface area contributed by atoms with Crippen molar-refractivity contribution in [3.8, 4) is 0 Å². The lowest BCUT2D eigenvalue weighted by molar-refractivity contribution is 0.0692. The molecule has 0 radical (unpaired) electrons. The van der Waals surface area contributed by atoms with Crippen LogP contribution < -0.4 is 0 Å². The molecule has 4 nitrogen and oxygen atoms in total. The largest absolute Gasteiger partial charge is 0.478 e. The molecule has 0 spiro atoms. The van der Waals surface area contributed by atoms with Crippen LogP contribution in [0.4, 0.5) is 0 Å². The van der Waals surface area contributed by atoms with Gasteiger partial charge in [-0.05, 0) is 26.0 Å². The van der Waals surface area contributed by atoms with E-state index in [1.165, 1.54) is 11.8 Å². The SMILES string of the molecule is Cc1cccc(Sc2c(C(=O)O)c(C)nn2C)c1. The summed E-state index contributed by atoms with van der Waals surface area (Å²) < 4.78 is 1.62. The Hall–Kier alpha value is -1.75. The minimum absolute atomic E-state index is 0.281. The number of carboxylic acid groups (broad SMARTS) is 1. The minimum atomic E-state index is -0.934. The Labute approximate surface area is 110 Å². The zero-order chi connectivity index (χ0) is 13.3. The van der Waals surface area contributed by atoms with E-state index in [2.05, 4.69) is 5.10 Å². The second-order valence-corrected chi connectivity index (χ2v) is 5.18. The standard InChI is InChI=1S/C13H14N2O2S/c1-8-5-4-6-10(7-8)18-12-11(13(16)17)9(2)14-15(12)3/h4-7H,1-3H3,(H,16,17). The van der Waals surface area contributed by atoms with Crippen molar-refractivity contribution in [3.05, 3.63) is 41.1 Å².